The predicted molar refractivity (Wildman–Crippen MR) is 109 cm³/mol. The molecule has 0 fully saturated rings. The maximum absolute atomic E-state index is 12.5. The number of ether oxygens (including phenoxy) is 1. The molecule has 0 bridgehead atoms. The van der Waals surface area contributed by atoms with Gasteiger partial charge >= 0.3 is 0 Å². The van der Waals surface area contributed by atoms with Crippen molar-refractivity contribution in [3.63, 3.8) is 0 Å². The summed E-state index contributed by atoms with van der Waals surface area (Å²) < 4.78 is 32.8. The SMILES string of the molecule is COc1ccc(S(=O)(=O)NCCc2csc(-c3ccc(C)cc3)n2)c(C)c1. The van der Waals surface area contributed by atoms with Crippen molar-refractivity contribution in [3.05, 3.63) is 64.7 Å². The van der Waals surface area contributed by atoms with Crippen LogP contribution in [0.15, 0.2) is 52.7 Å². The first-order chi connectivity index (χ1) is 12.9. The molecule has 0 aliphatic carbocycles. The number of nitrogens with zero attached hydrogens (tertiary/aromatic N) is 1. The van der Waals surface area contributed by atoms with Crippen LogP contribution in [0.25, 0.3) is 10.6 Å². The molecular formula is C20H22N2O3S2. The molecule has 1 aromatic heterocycles. The molecule has 142 valence electrons. The number of benzene rings is 2. The number of rotatable bonds is 7. The minimum atomic E-state index is -3.57. The fraction of sp³-hybridized carbons (Fsp3) is 0.250. The van der Waals surface area contributed by atoms with Crippen molar-refractivity contribution in [3.8, 4) is 16.3 Å². The molecule has 3 rings (SSSR count). The van der Waals surface area contributed by atoms with Crippen LogP contribution in [0.5, 0.6) is 5.75 Å². The summed E-state index contributed by atoms with van der Waals surface area (Å²) in [5.74, 6) is 0.637. The normalized spacial score (nSPS) is 11.5. The molecule has 7 heteroatoms. The Hall–Kier alpha value is -2.22. The number of nitrogens with one attached hydrogen (secondary N) is 1. The van der Waals surface area contributed by atoms with Gasteiger partial charge in [-0.25, -0.2) is 18.1 Å². The first-order valence-electron chi connectivity index (χ1n) is 8.55. The van der Waals surface area contributed by atoms with Gasteiger partial charge in [0.25, 0.3) is 0 Å². The van der Waals surface area contributed by atoms with Crippen molar-refractivity contribution >= 4 is 21.4 Å². The third-order valence-corrected chi connectivity index (χ3v) is 6.76. The Morgan fingerprint density at radius 1 is 1.11 bits per heavy atom. The highest BCUT2D eigenvalue weighted by Crippen LogP contribution is 2.24. The van der Waals surface area contributed by atoms with E-state index in [1.807, 2.05) is 24.4 Å². The minimum Gasteiger partial charge on any atom is -0.497 e. The van der Waals surface area contributed by atoms with E-state index in [1.165, 1.54) is 5.56 Å². The Kier molecular flexibility index (Phi) is 5.94. The number of hydrogen-bond donors (Lipinski definition) is 1. The Morgan fingerprint density at radius 2 is 1.85 bits per heavy atom. The van der Waals surface area contributed by atoms with Crippen molar-refractivity contribution in [2.45, 2.75) is 25.2 Å². The summed E-state index contributed by atoms with van der Waals surface area (Å²) in [6.07, 6.45) is 0.538. The molecule has 0 saturated carbocycles. The van der Waals surface area contributed by atoms with Crippen LogP contribution in [0.3, 0.4) is 0 Å². The van der Waals surface area contributed by atoms with Crippen LogP contribution < -0.4 is 9.46 Å². The molecule has 0 amide bonds. The van der Waals surface area contributed by atoms with E-state index < -0.39 is 10.0 Å². The molecule has 0 spiro atoms. The van der Waals surface area contributed by atoms with Crippen LogP contribution in [0.4, 0.5) is 0 Å². The Labute approximate surface area is 164 Å². The van der Waals surface area contributed by atoms with Gasteiger partial charge < -0.3 is 4.74 Å². The molecule has 5 nitrogen and oxygen atoms in total. The zero-order valence-corrected chi connectivity index (χ0v) is 17.2. The van der Waals surface area contributed by atoms with Crippen LogP contribution in [0.2, 0.25) is 0 Å². The van der Waals surface area contributed by atoms with Gasteiger partial charge in [-0.1, -0.05) is 29.8 Å². The van der Waals surface area contributed by atoms with Crippen LogP contribution in [-0.2, 0) is 16.4 Å². The maximum Gasteiger partial charge on any atom is 0.240 e. The smallest absolute Gasteiger partial charge is 0.240 e. The van der Waals surface area contributed by atoms with Gasteiger partial charge in [0.05, 0.1) is 17.7 Å². The lowest BCUT2D eigenvalue weighted by atomic mass is 10.2. The topological polar surface area (TPSA) is 68.3 Å². The summed E-state index contributed by atoms with van der Waals surface area (Å²) in [5.41, 5.74) is 3.81. The Morgan fingerprint density at radius 3 is 2.52 bits per heavy atom. The second kappa shape index (κ2) is 8.21. The molecule has 3 aromatic rings. The minimum absolute atomic E-state index is 0.266. The van der Waals surface area contributed by atoms with E-state index in [1.54, 1.807) is 43.6 Å². The molecular weight excluding hydrogens is 380 g/mol. The van der Waals surface area contributed by atoms with Crippen molar-refractivity contribution in [1.29, 1.82) is 0 Å². The van der Waals surface area contributed by atoms with Crippen molar-refractivity contribution in [1.82, 2.24) is 9.71 Å². The van der Waals surface area contributed by atoms with Gasteiger partial charge in [0.2, 0.25) is 10.0 Å². The average molecular weight is 403 g/mol. The number of aromatic nitrogens is 1. The first kappa shape index (κ1) is 19.5. The number of sulfonamides is 1. The summed E-state index contributed by atoms with van der Waals surface area (Å²) in [7, 11) is -2.01. The average Bonchev–Trinajstić information content (AvgIpc) is 3.10. The van der Waals surface area contributed by atoms with Crippen LogP contribution in [0, 0.1) is 13.8 Å². The molecule has 0 aliphatic heterocycles. The monoisotopic (exact) mass is 402 g/mol. The molecule has 0 saturated heterocycles. The van der Waals surface area contributed by atoms with E-state index in [0.29, 0.717) is 24.3 Å². The summed E-state index contributed by atoms with van der Waals surface area (Å²) in [6, 6.07) is 13.1. The summed E-state index contributed by atoms with van der Waals surface area (Å²) >= 11 is 1.57. The van der Waals surface area contributed by atoms with Gasteiger partial charge in [0.1, 0.15) is 10.8 Å². The molecule has 1 N–H and O–H groups in total. The summed E-state index contributed by atoms with van der Waals surface area (Å²) in [6.45, 7) is 4.10. The molecule has 27 heavy (non-hydrogen) atoms. The second-order valence-corrected chi connectivity index (χ2v) is 8.88. The second-order valence-electron chi connectivity index (χ2n) is 6.29. The highest BCUT2D eigenvalue weighted by Gasteiger charge is 2.17. The number of aryl methyl sites for hydroxylation is 2. The molecule has 0 atom stereocenters. The van der Waals surface area contributed by atoms with Crippen LogP contribution in [-0.4, -0.2) is 27.1 Å². The Balaban J connectivity index is 1.63. The molecule has 0 unspecified atom stereocenters. The van der Waals surface area contributed by atoms with Crippen molar-refractivity contribution in [2.24, 2.45) is 0 Å². The molecule has 2 aromatic carbocycles. The van der Waals surface area contributed by atoms with E-state index in [2.05, 4.69) is 21.8 Å². The lowest BCUT2D eigenvalue weighted by molar-refractivity contribution is 0.414. The van der Waals surface area contributed by atoms with Gasteiger partial charge in [0, 0.05) is 23.9 Å². The third kappa shape index (κ3) is 4.74. The maximum atomic E-state index is 12.5. The van der Waals surface area contributed by atoms with E-state index in [0.717, 1.165) is 16.3 Å². The molecule has 0 radical (unpaired) electrons. The molecule has 1 heterocycles. The van der Waals surface area contributed by atoms with E-state index in [-0.39, 0.29) is 4.90 Å². The van der Waals surface area contributed by atoms with Crippen molar-refractivity contribution in [2.75, 3.05) is 13.7 Å². The van der Waals surface area contributed by atoms with Gasteiger partial charge in [-0.05, 0) is 37.6 Å². The van der Waals surface area contributed by atoms with Crippen LogP contribution >= 0.6 is 11.3 Å². The van der Waals surface area contributed by atoms with E-state index in [4.69, 9.17) is 4.74 Å². The quantitative estimate of drug-likeness (QED) is 0.650. The fourth-order valence-electron chi connectivity index (χ4n) is 2.69. The predicted octanol–water partition coefficient (Wildman–Crippen LogP) is 3.96. The standard InChI is InChI=1S/C20H22N2O3S2/c1-14-4-6-16(7-5-14)20-22-17(13-26-20)10-11-21-27(23,24)19-9-8-18(25-3)12-15(19)2/h4-9,12-13,21H,10-11H2,1-3H3. The third-order valence-electron chi connectivity index (χ3n) is 4.20. The highest BCUT2D eigenvalue weighted by atomic mass is 32.2. The number of hydrogen-bond acceptors (Lipinski definition) is 5. The van der Waals surface area contributed by atoms with Gasteiger partial charge in [0.15, 0.2) is 0 Å². The Bertz CT molecular complexity index is 1030. The lowest BCUT2D eigenvalue weighted by Crippen LogP contribution is -2.26. The fourth-order valence-corrected chi connectivity index (χ4v) is 4.81. The van der Waals surface area contributed by atoms with Crippen LogP contribution in [0.1, 0.15) is 16.8 Å². The highest BCUT2D eigenvalue weighted by molar-refractivity contribution is 7.89. The summed E-state index contributed by atoms with van der Waals surface area (Å²) in [5, 5.41) is 2.92. The lowest BCUT2D eigenvalue weighted by Gasteiger charge is -2.10. The zero-order valence-electron chi connectivity index (χ0n) is 15.5. The van der Waals surface area contributed by atoms with Gasteiger partial charge in [-0.3, -0.25) is 0 Å². The van der Waals surface area contributed by atoms with E-state index in [9.17, 15) is 8.42 Å². The van der Waals surface area contributed by atoms with E-state index >= 15 is 0 Å². The van der Waals surface area contributed by atoms with Gasteiger partial charge in [-0.15, -0.1) is 11.3 Å². The number of thiazole rings is 1. The van der Waals surface area contributed by atoms with Gasteiger partial charge in [-0.2, -0.15) is 0 Å². The zero-order chi connectivity index (χ0) is 19.4. The van der Waals surface area contributed by atoms with Crippen molar-refractivity contribution < 1.29 is 13.2 Å². The molecule has 0 aliphatic rings. The summed E-state index contributed by atoms with van der Waals surface area (Å²) in [4.78, 5) is 4.88. The first-order valence-corrected chi connectivity index (χ1v) is 10.9. The number of methoxy groups -OCH3 is 1. The largest absolute Gasteiger partial charge is 0.497 e.